The van der Waals surface area contributed by atoms with Gasteiger partial charge in [-0.15, -0.1) is 0 Å². The van der Waals surface area contributed by atoms with E-state index >= 15 is 0 Å². The number of carboxylic acids is 1. The fraction of sp³-hybridized carbons (Fsp3) is 0.833. The predicted octanol–water partition coefficient (Wildman–Crippen LogP) is 1.01. The fourth-order valence-electron chi connectivity index (χ4n) is 2.19. The first kappa shape index (κ1) is 14.8. The molecule has 0 aliphatic carbocycles. The molecule has 0 spiro atoms. The highest BCUT2D eigenvalue weighted by atomic mass is 16.5. The first-order valence-electron chi connectivity index (χ1n) is 6.39. The highest BCUT2D eigenvalue weighted by Crippen LogP contribution is 2.18. The molecule has 0 aromatic rings. The van der Waals surface area contributed by atoms with Crippen molar-refractivity contribution in [2.75, 3.05) is 33.4 Å². The van der Waals surface area contributed by atoms with Gasteiger partial charge in [-0.05, 0) is 26.2 Å². The van der Waals surface area contributed by atoms with Gasteiger partial charge in [0.2, 0.25) is 0 Å². The quantitative estimate of drug-likeness (QED) is 0.799. The Morgan fingerprint density at radius 3 is 2.72 bits per heavy atom. The normalized spacial score (nSPS) is 19.7. The Hall–Kier alpha value is -1.30. The molecule has 0 radical (unpaired) electrons. The molecule has 1 fully saturated rings. The lowest BCUT2D eigenvalue weighted by molar-refractivity contribution is -0.143. The van der Waals surface area contributed by atoms with Crippen LogP contribution in [0, 0.1) is 0 Å². The molecule has 0 aromatic heterocycles. The second kappa shape index (κ2) is 7.20. The molecular weight excluding hydrogens is 236 g/mol. The van der Waals surface area contributed by atoms with Crippen LogP contribution in [-0.4, -0.2) is 66.3 Å². The van der Waals surface area contributed by atoms with Crippen LogP contribution < -0.4 is 0 Å². The summed E-state index contributed by atoms with van der Waals surface area (Å²) in [5, 5.41) is 9.15. The molecule has 1 aliphatic heterocycles. The Morgan fingerprint density at radius 2 is 2.17 bits per heavy atom. The van der Waals surface area contributed by atoms with Gasteiger partial charge < -0.3 is 19.6 Å². The molecule has 18 heavy (non-hydrogen) atoms. The lowest BCUT2D eigenvalue weighted by Gasteiger charge is -2.36. The zero-order chi connectivity index (χ0) is 13.5. The van der Waals surface area contributed by atoms with Crippen molar-refractivity contribution >= 4 is 12.0 Å². The highest BCUT2D eigenvalue weighted by molar-refractivity contribution is 5.83. The smallest absolute Gasteiger partial charge is 0.326 e. The molecule has 0 aromatic carbocycles. The van der Waals surface area contributed by atoms with Gasteiger partial charge in [0.1, 0.15) is 6.04 Å². The van der Waals surface area contributed by atoms with E-state index in [9.17, 15) is 9.59 Å². The number of hydrogen-bond acceptors (Lipinski definition) is 3. The highest BCUT2D eigenvalue weighted by Gasteiger charge is 2.33. The van der Waals surface area contributed by atoms with Gasteiger partial charge in [-0.1, -0.05) is 0 Å². The zero-order valence-electron chi connectivity index (χ0n) is 11.1. The van der Waals surface area contributed by atoms with E-state index in [1.54, 1.807) is 12.0 Å². The minimum absolute atomic E-state index is 0.193. The van der Waals surface area contributed by atoms with Crippen LogP contribution in [-0.2, 0) is 9.53 Å². The Bertz CT molecular complexity index is 296. The molecule has 0 saturated carbocycles. The van der Waals surface area contributed by atoms with E-state index in [0.717, 1.165) is 12.8 Å². The average Bonchev–Trinajstić information content (AvgIpc) is 2.39. The van der Waals surface area contributed by atoms with Crippen molar-refractivity contribution in [1.82, 2.24) is 9.80 Å². The average molecular weight is 258 g/mol. The number of amides is 2. The second-order valence-corrected chi connectivity index (χ2v) is 4.40. The number of carbonyl (C=O) groups excluding carboxylic acids is 1. The third-order valence-corrected chi connectivity index (χ3v) is 3.25. The molecule has 104 valence electrons. The van der Waals surface area contributed by atoms with Crippen molar-refractivity contribution in [3.05, 3.63) is 0 Å². The number of aliphatic carboxylic acids is 1. The number of piperidine rings is 1. The van der Waals surface area contributed by atoms with E-state index in [4.69, 9.17) is 9.84 Å². The minimum atomic E-state index is -0.911. The van der Waals surface area contributed by atoms with Gasteiger partial charge in [0.15, 0.2) is 0 Å². The number of carbonyl (C=O) groups is 2. The summed E-state index contributed by atoms with van der Waals surface area (Å²) in [4.78, 5) is 26.5. The number of ether oxygens (including phenoxy) is 1. The summed E-state index contributed by atoms with van der Waals surface area (Å²) in [5.74, 6) is -0.911. The number of rotatable bonds is 5. The second-order valence-electron chi connectivity index (χ2n) is 4.40. The zero-order valence-corrected chi connectivity index (χ0v) is 11.1. The number of urea groups is 1. The molecule has 1 aliphatic rings. The lowest BCUT2D eigenvalue weighted by atomic mass is 10.0. The number of likely N-dealkylation sites (N-methyl/N-ethyl adjacent to an activating group) is 1. The SMILES string of the molecule is CCN(CCOC)C(=O)N1CCCCC1C(=O)O. The summed E-state index contributed by atoms with van der Waals surface area (Å²) >= 11 is 0. The summed E-state index contributed by atoms with van der Waals surface area (Å²) in [7, 11) is 1.58. The minimum Gasteiger partial charge on any atom is -0.480 e. The maximum absolute atomic E-state index is 12.3. The van der Waals surface area contributed by atoms with Gasteiger partial charge in [0.05, 0.1) is 6.61 Å². The van der Waals surface area contributed by atoms with Crippen LogP contribution in [0.5, 0.6) is 0 Å². The standard InChI is InChI=1S/C12H22N2O4/c1-3-13(8-9-18-2)12(17)14-7-5-4-6-10(14)11(15)16/h10H,3-9H2,1-2H3,(H,15,16). The van der Waals surface area contributed by atoms with Crippen molar-refractivity contribution in [2.45, 2.75) is 32.2 Å². The maximum atomic E-state index is 12.3. The van der Waals surface area contributed by atoms with Crippen LogP contribution in [0.3, 0.4) is 0 Å². The summed E-state index contributed by atoms with van der Waals surface area (Å²) in [6, 6.07) is -0.871. The molecule has 1 N–H and O–H groups in total. The van der Waals surface area contributed by atoms with Gasteiger partial charge in [0, 0.05) is 26.7 Å². The first-order valence-corrected chi connectivity index (χ1v) is 6.39. The van der Waals surface area contributed by atoms with Gasteiger partial charge >= 0.3 is 12.0 Å². The van der Waals surface area contributed by atoms with Crippen LogP contribution >= 0.6 is 0 Å². The molecular formula is C12H22N2O4. The van der Waals surface area contributed by atoms with E-state index in [1.807, 2.05) is 6.92 Å². The fourth-order valence-corrected chi connectivity index (χ4v) is 2.19. The van der Waals surface area contributed by atoms with Crippen LogP contribution in [0.15, 0.2) is 0 Å². The van der Waals surface area contributed by atoms with Crippen LogP contribution in [0.4, 0.5) is 4.79 Å². The number of likely N-dealkylation sites (tertiary alicyclic amines) is 1. The molecule has 1 saturated heterocycles. The van der Waals surface area contributed by atoms with Crippen molar-refractivity contribution in [1.29, 1.82) is 0 Å². The number of methoxy groups -OCH3 is 1. The molecule has 1 rings (SSSR count). The summed E-state index contributed by atoms with van der Waals surface area (Å²) in [6.45, 7) is 3.93. The van der Waals surface area contributed by atoms with Crippen LogP contribution in [0.1, 0.15) is 26.2 Å². The Kier molecular flexibility index (Phi) is 5.91. The lowest BCUT2D eigenvalue weighted by Crippen LogP contribution is -2.53. The molecule has 1 heterocycles. The number of hydrogen-bond donors (Lipinski definition) is 1. The molecule has 6 nitrogen and oxygen atoms in total. The predicted molar refractivity (Wildman–Crippen MR) is 66.5 cm³/mol. The van der Waals surface area contributed by atoms with E-state index < -0.39 is 12.0 Å². The first-order chi connectivity index (χ1) is 8.61. The van der Waals surface area contributed by atoms with Crippen molar-refractivity contribution < 1.29 is 19.4 Å². The Labute approximate surface area is 107 Å². The summed E-state index contributed by atoms with van der Waals surface area (Å²) in [6.07, 6.45) is 2.28. The number of carboxylic acid groups (broad SMARTS) is 1. The molecule has 2 amide bonds. The van der Waals surface area contributed by atoms with Gasteiger partial charge in [-0.2, -0.15) is 0 Å². The van der Waals surface area contributed by atoms with Gasteiger partial charge in [-0.25, -0.2) is 9.59 Å². The third-order valence-electron chi connectivity index (χ3n) is 3.25. The van der Waals surface area contributed by atoms with E-state index in [2.05, 4.69) is 0 Å². The third kappa shape index (κ3) is 3.60. The van der Waals surface area contributed by atoms with Gasteiger partial charge in [0.25, 0.3) is 0 Å². The summed E-state index contributed by atoms with van der Waals surface area (Å²) < 4.78 is 4.96. The van der Waals surface area contributed by atoms with E-state index in [0.29, 0.717) is 32.7 Å². The van der Waals surface area contributed by atoms with E-state index in [1.165, 1.54) is 4.90 Å². The van der Waals surface area contributed by atoms with Gasteiger partial charge in [-0.3, -0.25) is 0 Å². The summed E-state index contributed by atoms with van der Waals surface area (Å²) in [5.41, 5.74) is 0. The monoisotopic (exact) mass is 258 g/mol. The Balaban J connectivity index is 2.68. The van der Waals surface area contributed by atoms with E-state index in [-0.39, 0.29) is 6.03 Å². The molecule has 1 atom stereocenters. The number of nitrogens with zero attached hydrogens (tertiary/aromatic N) is 2. The van der Waals surface area contributed by atoms with Crippen LogP contribution in [0.2, 0.25) is 0 Å². The molecule has 0 bridgehead atoms. The topological polar surface area (TPSA) is 70.1 Å². The van der Waals surface area contributed by atoms with Crippen molar-refractivity contribution in [2.24, 2.45) is 0 Å². The van der Waals surface area contributed by atoms with Crippen LogP contribution in [0.25, 0.3) is 0 Å². The molecule has 6 heteroatoms. The molecule has 1 unspecified atom stereocenters. The Morgan fingerprint density at radius 1 is 1.44 bits per heavy atom. The van der Waals surface area contributed by atoms with Crippen molar-refractivity contribution in [3.63, 3.8) is 0 Å². The largest absolute Gasteiger partial charge is 0.480 e. The van der Waals surface area contributed by atoms with Crippen molar-refractivity contribution in [3.8, 4) is 0 Å². The maximum Gasteiger partial charge on any atom is 0.326 e.